The number of fused-ring (bicyclic) bond motifs is 1. The third kappa shape index (κ3) is 3.83. The van der Waals surface area contributed by atoms with Crippen molar-refractivity contribution in [2.75, 3.05) is 20.8 Å². The number of thiazole rings is 1. The number of carbonyl (C=O) groups is 1. The van der Waals surface area contributed by atoms with Gasteiger partial charge in [0.15, 0.2) is 6.61 Å². The first-order chi connectivity index (χ1) is 11.7. The number of para-hydroxylation sites is 1. The molecule has 3 aromatic rings. The van der Waals surface area contributed by atoms with Crippen molar-refractivity contribution in [3.05, 3.63) is 53.5 Å². The number of ether oxygens (including phenoxy) is 2. The van der Waals surface area contributed by atoms with Crippen LogP contribution in [0.2, 0.25) is 0 Å². The van der Waals surface area contributed by atoms with E-state index in [0.29, 0.717) is 12.3 Å². The van der Waals surface area contributed by atoms with Gasteiger partial charge in [0.25, 0.3) is 5.91 Å². The van der Waals surface area contributed by atoms with Crippen molar-refractivity contribution in [2.24, 2.45) is 0 Å². The van der Waals surface area contributed by atoms with Gasteiger partial charge in [-0.25, -0.2) is 4.98 Å². The zero-order valence-electron chi connectivity index (χ0n) is 13.6. The molecule has 2 aromatic carbocycles. The lowest BCUT2D eigenvalue weighted by Gasteiger charge is -2.16. The summed E-state index contributed by atoms with van der Waals surface area (Å²) in [6, 6.07) is 15.1. The fourth-order valence-corrected chi connectivity index (χ4v) is 3.23. The first kappa shape index (κ1) is 16.3. The summed E-state index contributed by atoms with van der Waals surface area (Å²) >= 11 is 1.60. The standard InChI is InChI=1S/C18H18N2O3S/c1-20(11-17-19-15-5-3-4-6-16(15)24-17)18(21)12-23-14-9-7-13(22-2)8-10-14/h3-10H,11-12H2,1-2H3. The van der Waals surface area contributed by atoms with Crippen molar-refractivity contribution in [2.45, 2.75) is 6.54 Å². The first-order valence-electron chi connectivity index (χ1n) is 7.51. The molecule has 5 nitrogen and oxygen atoms in total. The van der Waals surface area contributed by atoms with Crippen LogP contribution in [0.4, 0.5) is 0 Å². The molecule has 0 radical (unpaired) electrons. The van der Waals surface area contributed by atoms with E-state index in [1.54, 1.807) is 54.7 Å². The van der Waals surface area contributed by atoms with Crippen LogP contribution in [-0.4, -0.2) is 36.6 Å². The van der Waals surface area contributed by atoms with E-state index in [0.717, 1.165) is 21.0 Å². The molecule has 0 aliphatic heterocycles. The van der Waals surface area contributed by atoms with Crippen LogP contribution in [0, 0.1) is 0 Å². The highest BCUT2D eigenvalue weighted by Gasteiger charge is 2.13. The predicted octanol–water partition coefficient (Wildman–Crippen LogP) is 3.34. The number of carbonyl (C=O) groups excluding carboxylic acids is 1. The van der Waals surface area contributed by atoms with Crippen LogP contribution in [0.25, 0.3) is 10.2 Å². The van der Waals surface area contributed by atoms with Crippen molar-refractivity contribution in [1.29, 1.82) is 0 Å². The molecule has 6 heteroatoms. The Bertz CT molecular complexity index is 797. The lowest BCUT2D eigenvalue weighted by Crippen LogP contribution is -2.30. The maximum atomic E-state index is 12.2. The second-order valence-corrected chi connectivity index (χ2v) is 6.40. The quantitative estimate of drug-likeness (QED) is 0.689. The fraction of sp³-hybridized carbons (Fsp3) is 0.222. The van der Waals surface area contributed by atoms with Gasteiger partial charge in [0.2, 0.25) is 0 Å². The molecule has 3 rings (SSSR count). The number of hydrogen-bond acceptors (Lipinski definition) is 5. The number of methoxy groups -OCH3 is 1. The summed E-state index contributed by atoms with van der Waals surface area (Å²) in [5, 5.41) is 0.913. The highest BCUT2D eigenvalue weighted by molar-refractivity contribution is 7.18. The molecule has 1 heterocycles. The summed E-state index contributed by atoms with van der Waals surface area (Å²) in [6.07, 6.45) is 0. The molecule has 0 fully saturated rings. The highest BCUT2D eigenvalue weighted by atomic mass is 32.1. The van der Waals surface area contributed by atoms with Crippen LogP contribution >= 0.6 is 11.3 Å². The molecule has 0 saturated heterocycles. The van der Waals surface area contributed by atoms with Crippen molar-refractivity contribution in [3.63, 3.8) is 0 Å². The topological polar surface area (TPSA) is 51.7 Å². The van der Waals surface area contributed by atoms with Crippen molar-refractivity contribution in [3.8, 4) is 11.5 Å². The molecular formula is C18H18N2O3S. The van der Waals surface area contributed by atoms with Crippen LogP contribution in [0.15, 0.2) is 48.5 Å². The molecule has 0 saturated carbocycles. The van der Waals surface area contributed by atoms with E-state index in [2.05, 4.69) is 4.98 Å². The minimum Gasteiger partial charge on any atom is -0.497 e. The molecule has 0 bridgehead atoms. The number of hydrogen-bond donors (Lipinski definition) is 0. The van der Waals surface area contributed by atoms with E-state index in [4.69, 9.17) is 9.47 Å². The van der Waals surface area contributed by atoms with Gasteiger partial charge >= 0.3 is 0 Å². The second-order valence-electron chi connectivity index (χ2n) is 5.29. The third-order valence-corrected chi connectivity index (χ3v) is 4.58. The largest absolute Gasteiger partial charge is 0.497 e. The Hall–Kier alpha value is -2.60. The molecular weight excluding hydrogens is 324 g/mol. The van der Waals surface area contributed by atoms with Crippen LogP contribution in [0.1, 0.15) is 5.01 Å². The lowest BCUT2D eigenvalue weighted by molar-refractivity contribution is -0.132. The molecule has 0 N–H and O–H groups in total. The average molecular weight is 342 g/mol. The van der Waals surface area contributed by atoms with Gasteiger partial charge in [-0.15, -0.1) is 11.3 Å². The molecule has 0 atom stereocenters. The third-order valence-electron chi connectivity index (χ3n) is 3.56. The van der Waals surface area contributed by atoms with Gasteiger partial charge in [0.1, 0.15) is 16.5 Å². The van der Waals surface area contributed by atoms with Gasteiger partial charge in [-0.3, -0.25) is 4.79 Å². The summed E-state index contributed by atoms with van der Waals surface area (Å²) in [6.45, 7) is 0.470. The summed E-state index contributed by atoms with van der Waals surface area (Å²) in [5.74, 6) is 1.30. The van der Waals surface area contributed by atoms with Gasteiger partial charge in [0.05, 0.1) is 23.9 Å². The van der Waals surface area contributed by atoms with Crippen LogP contribution < -0.4 is 9.47 Å². The smallest absolute Gasteiger partial charge is 0.260 e. The van der Waals surface area contributed by atoms with E-state index in [1.165, 1.54) is 0 Å². The van der Waals surface area contributed by atoms with Crippen molar-refractivity contribution >= 4 is 27.5 Å². The Balaban J connectivity index is 1.55. The van der Waals surface area contributed by atoms with Crippen molar-refractivity contribution in [1.82, 2.24) is 9.88 Å². The predicted molar refractivity (Wildman–Crippen MR) is 94.6 cm³/mol. The van der Waals surface area contributed by atoms with E-state index in [1.807, 2.05) is 24.3 Å². The molecule has 24 heavy (non-hydrogen) atoms. The Morgan fingerprint density at radius 3 is 2.54 bits per heavy atom. The maximum absolute atomic E-state index is 12.2. The van der Waals surface area contributed by atoms with E-state index < -0.39 is 0 Å². The van der Waals surface area contributed by atoms with Gasteiger partial charge < -0.3 is 14.4 Å². The van der Waals surface area contributed by atoms with Gasteiger partial charge in [-0.1, -0.05) is 12.1 Å². The average Bonchev–Trinajstić information content (AvgIpc) is 3.02. The number of amides is 1. The van der Waals surface area contributed by atoms with E-state index in [9.17, 15) is 4.79 Å². The van der Waals surface area contributed by atoms with Crippen LogP contribution in [0.5, 0.6) is 11.5 Å². The lowest BCUT2D eigenvalue weighted by atomic mass is 10.3. The van der Waals surface area contributed by atoms with Gasteiger partial charge in [0, 0.05) is 7.05 Å². The van der Waals surface area contributed by atoms with E-state index >= 15 is 0 Å². The Labute approximate surface area is 144 Å². The highest BCUT2D eigenvalue weighted by Crippen LogP contribution is 2.22. The van der Waals surface area contributed by atoms with Gasteiger partial charge in [-0.2, -0.15) is 0 Å². The molecule has 0 unspecified atom stereocenters. The van der Waals surface area contributed by atoms with Crippen LogP contribution in [0.3, 0.4) is 0 Å². The minimum absolute atomic E-state index is 0.00623. The zero-order valence-corrected chi connectivity index (χ0v) is 14.4. The SMILES string of the molecule is COc1ccc(OCC(=O)N(C)Cc2nc3ccccc3s2)cc1. The number of benzene rings is 2. The Kier molecular flexibility index (Phi) is 4.96. The van der Waals surface area contributed by atoms with Crippen LogP contribution in [-0.2, 0) is 11.3 Å². The molecule has 0 spiro atoms. The normalized spacial score (nSPS) is 10.6. The molecule has 0 aliphatic carbocycles. The number of nitrogens with zero attached hydrogens (tertiary/aromatic N) is 2. The molecule has 1 aromatic heterocycles. The number of rotatable bonds is 6. The summed E-state index contributed by atoms with van der Waals surface area (Å²) < 4.78 is 11.7. The second kappa shape index (κ2) is 7.31. The molecule has 0 aliphatic rings. The zero-order chi connectivity index (χ0) is 16.9. The Morgan fingerprint density at radius 2 is 1.83 bits per heavy atom. The number of aromatic nitrogens is 1. The summed E-state index contributed by atoms with van der Waals surface area (Å²) in [4.78, 5) is 18.4. The first-order valence-corrected chi connectivity index (χ1v) is 8.32. The summed E-state index contributed by atoms with van der Waals surface area (Å²) in [7, 11) is 3.36. The van der Waals surface area contributed by atoms with Crippen molar-refractivity contribution < 1.29 is 14.3 Å². The maximum Gasteiger partial charge on any atom is 0.260 e. The molecule has 1 amide bonds. The van der Waals surface area contributed by atoms with E-state index in [-0.39, 0.29) is 12.5 Å². The minimum atomic E-state index is -0.0925. The number of likely N-dealkylation sites (N-methyl/N-ethyl adjacent to an activating group) is 1. The molecule has 124 valence electrons. The fourth-order valence-electron chi connectivity index (χ4n) is 2.21. The Morgan fingerprint density at radius 1 is 1.12 bits per heavy atom. The summed E-state index contributed by atoms with van der Waals surface area (Å²) in [5.41, 5.74) is 0.966. The monoisotopic (exact) mass is 342 g/mol. The van der Waals surface area contributed by atoms with Gasteiger partial charge in [-0.05, 0) is 36.4 Å².